The molecule has 1 aromatic heterocycles. The van der Waals surface area contributed by atoms with Gasteiger partial charge in [-0.3, -0.25) is 0 Å². The van der Waals surface area contributed by atoms with Crippen LogP contribution < -0.4 is 5.32 Å². The van der Waals surface area contributed by atoms with E-state index in [1.807, 2.05) is 6.07 Å². The van der Waals surface area contributed by atoms with Crippen molar-refractivity contribution in [3.05, 3.63) is 23.8 Å². The molecule has 0 amide bonds. The molecule has 0 aliphatic rings. The summed E-state index contributed by atoms with van der Waals surface area (Å²) in [5, 5.41) is 12.8. The Bertz CT molecular complexity index is 453. The predicted octanol–water partition coefficient (Wildman–Crippen LogP) is 2.40. The summed E-state index contributed by atoms with van der Waals surface area (Å²) < 4.78 is 1.21. The van der Waals surface area contributed by atoms with E-state index in [-0.39, 0.29) is 6.61 Å². The number of aryl methyl sites for hydroxylation is 1. The lowest BCUT2D eigenvalue weighted by atomic mass is 10.2. The Kier molecular flexibility index (Phi) is 3.18. The Morgan fingerprint density at radius 2 is 2.33 bits per heavy atom. The molecule has 0 atom stereocenters. The summed E-state index contributed by atoms with van der Waals surface area (Å²) in [6, 6.07) is 6.25. The van der Waals surface area contributed by atoms with Gasteiger partial charge in [-0.15, -0.1) is 0 Å². The van der Waals surface area contributed by atoms with E-state index < -0.39 is 0 Å². The maximum Gasteiger partial charge on any atom is 0.183 e. The molecule has 3 nitrogen and oxygen atoms in total. The molecule has 0 fully saturated rings. The number of aliphatic hydroxyl groups is 1. The van der Waals surface area contributed by atoms with Crippen LogP contribution in [0.4, 0.5) is 5.13 Å². The molecule has 15 heavy (non-hydrogen) atoms. The van der Waals surface area contributed by atoms with Crippen LogP contribution in [0.1, 0.15) is 12.0 Å². The number of hydrogen-bond donors (Lipinski definition) is 2. The van der Waals surface area contributed by atoms with Crippen LogP contribution >= 0.6 is 11.3 Å². The van der Waals surface area contributed by atoms with Crippen molar-refractivity contribution in [1.29, 1.82) is 0 Å². The Labute approximate surface area is 92.8 Å². The van der Waals surface area contributed by atoms with E-state index in [1.165, 1.54) is 10.3 Å². The van der Waals surface area contributed by atoms with Gasteiger partial charge in [0, 0.05) is 13.2 Å². The van der Waals surface area contributed by atoms with Gasteiger partial charge in [-0.25, -0.2) is 4.98 Å². The van der Waals surface area contributed by atoms with Crippen molar-refractivity contribution < 1.29 is 5.11 Å². The standard InChI is InChI=1S/C11H14N2OS/c1-8-3-4-9-10(7-8)15-11(13-9)12-5-2-6-14/h3-4,7,14H,2,5-6H2,1H3,(H,12,13). The number of aliphatic hydroxyl groups excluding tert-OH is 1. The highest BCUT2D eigenvalue weighted by Crippen LogP contribution is 2.26. The summed E-state index contributed by atoms with van der Waals surface area (Å²) in [5.74, 6) is 0. The van der Waals surface area contributed by atoms with Gasteiger partial charge in [-0.05, 0) is 31.0 Å². The third kappa shape index (κ3) is 2.46. The largest absolute Gasteiger partial charge is 0.396 e. The second-order valence-electron chi connectivity index (χ2n) is 3.49. The van der Waals surface area contributed by atoms with E-state index in [0.717, 1.165) is 23.6 Å². The van der Waals surface area contributed by atoms with Gasteiger partial charge >= 0.3 is 0 Å². The van der Waals surface area contributed by atoms with Crippen LogP contribution in [-0.2, 0) is 0 Å². The van der Waals surface area contributed by atoms with Crippen molar-refractivity contribution in [2.45, 2.75) is 13.3 Å². The van der Waals surface area contributed by atoms with Gasteiger partial charge in [0.1, 0.15) is 0 Å². The molecule has 2 rings (SSSR count). The second kappa shape index (κ2) is 4.59. The molecule has 0 radical (unpaired) electrons. The molecule has 0 unspecified atom stereocenters. The van der Waals surface area contributed by atoms with Gasteiger partial charge in [0.15, 0.2) is 5.13 Å². The van der Waals surface area contributed by atoms with Crippen LogP contribution in [0.15, 0.2) is 18.2 Å². The molecule has 80 valence electrons. The van der Waals surface area contributed by atoms with Gasteiger partial charge < -0.3 is 10.4 Å². The number of aromatic nitrogens is 1. The minimum Gasteiger partial charge on any atom is -0.396 e. The molecule has 0 saturated carbocycles. The first-order valence-electron chi connectivity index (χ1n) is 5.01. The lowest BCUT2D eigenvalue weighted by Crippen LogP contribution is -2.02. The number of hydrogen-bond acceptors (Lipinski definition) is 4. The van der Waals surface area contributed by atoms with E-state index in [1.54, 1.807) is 11.3 Å². The molecule has 0 aliphatic carbocycles. The summed E-state index contributed by atoms with van der Waals surface area (Å²) in [6.45, 7) is 3.07. The number of thiazole rings is 1. The zero-order valence-electron chi connectivity index (χ0n) is 8.66. The van der Waals surface area contributed by atoms with E-state index >= 15 is 0 Å². The molecule has 1 aromatic carbocycles. The average molecular weight is 222 g/mol. The van der Waals surface area contributed by atoms with E-state index in [4.69, 9.17) is 5.11 Å². The smallest absolute Gasteiger partial charge is 0.183 e. The van der Waals surface area contributed by atoms with E-state index in [0.29, 0.717) is 0 Å². The molecule has 0 spiro atoms. The van der Waals surface area contributed by atoms with Crippen LogP contribution in [0.2, 0.25) is 0 Å². The van der Waals surface area contributed by atoms with Crippen LogP contribution in [0.5, 0.6) is 0 Å². The topological polar surface area (TPSA) is 45.2 Å². The fraction of sp³-hybridized carbons (Fsp3) is 0.364. The van der Waals surface area contributed by atoms with Crippen molar-refractivity contribution in [3.8, 4) is 0 Å². The van der Waals surface area contributed by atoms with Gasteiger partial charge in [-0.1, -0.05) is 17.4 Å². The number of nitrogens with one attached hydrogen (secondary N) is 1. The fourth-order valence-electron chi connectivity index (χ4n) is 1.38. The third-order valence-electron chi connectivity index (χ3n) is 2.16. The maximum absolute atomic E-state index is 8.66. The molecular formula is C11H14N2OS. The van der Waals surface area contributed by atoms with Crippen LogP contribution in [0.25, 0.3) is 10.2 Å². The van der Waals surface area contributed by atoms with Crippen molar-refractivity contribution in [1.82, 2.24) is 4.98 Å². The molecular weight excluding hydrogens is 208 g/mol. The van der Waals surface area contributed by atoms with Gasteiger partial charge in [0.25, 0.3) is 0 Å². The van der Waals surface area contributed by atoms with Crippen molar-refractivity contribution in [2.24, 2.45) is 0 Å². The van der Waals surface area contributed by atoms with Gasteiger partial charge in [0.05, 0.1) is 10.2 Å². The highest BCUT2D eigenvalue weighted by molar-refractivity contribution is 7.22. The van der Waals surface area contributed by atoms with Crippen molar-refractivity contribution in [2.75, 3.05) is 18.5 Å². The fourth-order valence-corrected chi connectivity index (χ4v) is 2.37. The van der Waals surface area contributed by atoms with Crippen molar-refractivity contribution >= 4 is 26.7 Å². The zero-order chi connectivity index (χ0) is 10.7. The summed E-state index contributed by atoms with van der Waals surface area (Å²) in [7, 11) is 0. The summed E-state index contributed by atoms with van der Waals surface area (Å²) in [5.41, 5.74) is 2.30. The number of anilines is 1. The summed E-state index contributed by atoms with van der Waals surface area (Å²) in [4.78, 5) is 4.45. The number of fused-ring (bicyclic) bond motifs is 1. The van der Waals surface area contributed by atoms with Crippen LogP contribution in [0.3, 0.4) is 0 Å². The molecule has 0 bridgehead atoms. The summed E-state index contributed by atoms with van der Waals surface area (Å²) >= 11 is 1.66. The summed E-state index contributed by atoms with van der Waals surface area (Å²) in [6.07, 6.45) is 0.759. The monoisotopic (exact) mass is 222 g/mol. The number of benzene rings is 1. The first kappa shape index (κ1) is 10.4. The first-order valence-corrected chi connectivity index (χ1v) is 5.83. The Hall–Kier alpha value is -1.13. The SMILES string of the molecule is Cc1ccc2nc(NCCCO)sc2c1. The van der Waals surface area contributed by atoms with Gasteiger partial charge in [0.2, 0.25) is 0 Å². The molecule has 0 saturated heterocycles. The first-order chi connectivity index (χ1) is 7.29. The van der Waals surface area contributed by atoms with Gasteiger partial charge in [-0.2, -0.15) is 0 Å². The van der Waals surface area contributed by atoms with Crippen LogP contribution in [0, 0.1) is 6.92 Å². The second-order valence-corrected chi connectivity index (χ2v) is 4.52. The predicted molar refractivity (Wildman–Crippen MR) is 64.5 cm³/mol. The Balaban J connectivity index is 2.16. The molecule has 1 heterocycles. The lowest BCUT2D eigenvalue weighted by Gasteiger charge is -1.97. The maximum atomic E-state index is 8.66. The highest BCUT2D eigenvalue weighted by Gasteiger charge is 2.02. The minimum atomic E-state index is 0.219. The average Bonchev–Trinajstić information content (AvgIpc) is 2.60. The number of nitrogens with zero attached hydrogens (tertiary/aromatic N) is 1. The quantitative estimate of drug-likeness (QED) is 0.781. The van der Waals surface area contributed by atoms with E-state index in [2.05, 4.69) is 29.4 Å². The van der Waals surface area contributed by atoms with Crippen LogP contribution in [-0.4, -0.2) is 23.2 Å². The Morgan fingerprint density at radius 3 is 3.13 bits per heavy atom. The molecule has 0 aliphatic heterocycles. The Morgan fingerprint density at radius 1 is 1.47 bits per heavy atom. The van der Waals surface area contributed by atoms with E-state index in [9.17, 15) is 0 Å². The highest BCUT2D eigenvalue weighted by atomic mass is 32.1. The molecule has 2 N–H and O–H groups in total. The minimum absolute atomic E-state index is 0.219. The molecule has 2 aromatic rings. The number of rotatable bonds is 4. The lowest BCUT2D eigenvalue weighted by molar-refractivity contribution is 0.292. The normalized spacial score (nSPS) is 10.8. The van der Waals surface area contributed by atoms with Crippen molar-refractivity contribution in [3.63, 3.8) is 0 Å². The third-order valence-corrected chi connectivity index (χ3v) is 3.13. The molecule has 4 heteroatoms. The zero-order valence-corrected chi connectivity index (χ0v) is 9.47.